The fourth-order valence-corrected chi connectivity index (χ4v) is 3.07. The molecule has 0 spiro atoms. The Kier molecular flexibility index (Phi) is 2.49. The van der Waals surface area contributed by atoms with Crippen LogP contribution in [0, 0.1) is 0 Å². The minimum Gasteiger partial charge on any atom is -0.493 e. The number of ketones is 1. The van der Waals surface area contributed by atoms with E-state index >= 15 is 0 Å². The summed E-state index contributed by atoms with van der Waals surface area (Å²) in [5.74, 6) is 1.06. The minimum atomic E-state index is 0.172. The summed E-state index contributed by atoms with van der Waals surface area (Å²) in [7, 11) is 0. The van der Waals surface area contributed by atoms with Crippen molar-refractivity contribution in [2.75, 3.05) is 6.61 Å². The summed E-state index contributed by atoms with van der Waals surface area (Å²) in [6.45, 7) is 0.691. The van der Waals surface area contributed by atoms with Crippen LogP contribution in [0.5, 0.6) is 5.75 Å². The molecule has 0 unspecified atom stereocenters. The molecule has 2 aromatic carbocycles. The summed E-state index contributed by atoms with van der Waals surface area (Å²) in [5.41, 5.74) is 5.09. The Morgan fingerprint density at radius 2 is 1.90 bits per heavy atom. The van der Waals surface area contributed by atoms with Crippen molar-refractivity contribution in [3.63, 3.8) is 0 Å². The molecule has 0 saturated carbocycles. The van der Waals surface area contributed by atoms with E-state index < -0.39 is 0 Å². The van der Waals surface area contributed by atoms with Gasteiger partial charge in [-0.05, 0) is 23.3 Å². The van der Waals surface area contributed by atoms with Gasteiger partial charge in [0, 0.05) is 29.5 Å². The van der Waals surface area contributed by atoms with Gasteiger partial charge in [-0.25, -0.2) is 0 Å². The van der Waals surface area contributed by atoms with Gasteiger partial charge in [-0.2, -0.15) is 0 Å². The molecule has 0 bridgehead atoms. The minimum absolute atomic E-state index is 0.172. The number of benzene rings is 2. The summed E-state index contributed by atoms with van der Waals surface area (Å²) < 4.78 is 5.55. The van der Waals surface area contributed by atoms with E-state index in [1.807, 2.05) is 48.5 Å². The van der Waals surface area contributed by atoms with Crippen LogP contribution in [0.25, 0.3) is 6.08 Å². The van der Waals surface area contributed by atoms with Crippen molar-refractivity contribution in [3.8, 4) is 5.75 Å². The predicted molar refractivity (Wildman–Crippen MR) is 78.1 cm³/mol. The summed E-state index contributed by atoms with van der Waals surface area (Å²) >= 11 is 0. The zero-order valence-corrected chi connectivity index (χ0v) is 11.1. The molecule has 0 saturated heterocycles. The van der Waals surface area contributed by atoms with Crippen LogP contribution in [0.1, 0.15) is 27.0 Å². The van der Waals surface area contributed by atoms with E-state index in [1.165, 1.54) is 0 Å². The number of ether oxygens (including phenoxy) is 1. The molecule has 2 aliphatic rings. The molecule has 98 valence electrons. The van der Waals surface area contributed by atoms with Crippen molar-refractivity contribution in [3.05, 3.63) is 70.3 Å². The third-order valence-corrected chi connectivity index (χ3v) is 4.01. The fourth-order valence-electron chi connectivity index (χ4n) is 3.07. The third kappa shape index (κ3) is 1.68. The van der Waals surface area contributed by atoms with Crippen LogP contribution < -0.4 is 4.74 Å². The number of Topliss-reactive ketones (excluding diaryl/α,β-unsaturated/α-hetero) is 1. The van der Waals surface area contributed by atoms with Crippen molar-refractivity contribution in [2.24, 2.45) is 0 Å². The maximum Gasteiger partial charge on any atom is 0.190 e. The normalized spacial score (nSPS) is 18.0. The number of hydrogen-bond acceptors (Lipinski definition) is 2. The van der Waals surface area contributed by atoms with Crippen LogP contribution in [0.4, 0.5) is 0 Å². The zero-order valence-electron chi connectivity index (χ0n) is 11.1. The Labute approximate surface area is 117 Å². The summed E-state index contributed by atoms with van der Waals surface area (Å²) in [6.07, 6.45) is 3.59. The third-order valence-electron chi connectivity index (χ3n) is 4.01. The van der Waals surface area contributed by atoms with Crippen LogP contribution >= 0.6 is 0 Å². The van der Waals surface area contributed by atoms with Crippen LogP contribution in [-0.2, 0) is 12.8 Å². The maximum absolute atomic E-state index is 12.6. The lowest BCUT2D eigenvalue weighted by atomic mass is 10.0. The van der Waals surface area contributed by atoms with Crippen molar-refractivity contribution in [1.29, 1.82) is 0 Å². The maximum atomic E-state index is 12.6. The van der Waals surface area contributed by atoms with Crippen molar-refractivity contribution in [2.45, 2.75) is 12.8 Å². The highest BCUT2D eigenvalue weighted by Gasteiger charge is 2.31. The highest BCUT2D eigenvalue weighted by atomic mass is 16.5. The largest absolute Gasteiger partial charge is 0.493 e. The zero-order chi connectivity index (χ0) is 13.5. The van der Waals surface area contributed by atoms with E-state index in [9.17, 15) is 4.79 Å². The molecule has 20 heavy (non-hydrogen) atoms. The van der Waals surface area contributed by atoms with Crippen LogP contribution in [0.2, 0.25) is 0 Å². The second-order valence-electron chi connectivity index (χ2n) is 5.26. The first kappa shape index (κ1) is 11.5. The number of carbonyl (C=O) groups excluding carboxylic acids is 1. The second kappa shape index (κ2) is 4.34. The lowest BCUT2D eigenvalue weighted by Crippen LogP contribution is -1.99. The van der Waals surface area contributed by atoms with Gasteiger partial charge >= 0.3 is 0 Å². The smallest absolute Gasteiger partial charge is 0.190 e. The number of allylic oxidation sites excluding steroid dienone is 1. The Balaban J connectivity index is 1.78. The highest BCUT2D eigenvalue weighted by Crippen LogP contribution is 2.37. The monoisotopic (exact) mass is 262 g/mol. The van der Waals surface area contributed by atoms with Gasteiger partial charge in [0.2, 0.25) is 0 Å². The average molecular weight is 262 g/mol. The van der Waals surface area contributed by atoms with Crippen LogP contribution in [-0.4, -0.2) is 12.4 Å². The summed E-state index contributed by atoms with van der Waals surface area (Å²) in [5, 5.41) is 0. The first-order valence-corrected chi connectivity index (χ1v) is 6.91. The standard InChI is InChI=1S/C18H14O2/c19-18-14(10-12-4-2-1-3-5-12)11-13-6-7-16-15(17(13)18)8-9-20-16/h1-7,10H,8-9,11H2/b14-10+. The van der Waals surface area contributed by atoms with Gasteiger partial charge in [-0.1, -0.05) is 36.4 Å². The molecule has 1 aliphatic carbocycles. The molecule has 0 radical (unpaired) electrons. The van der Waals surface area contributed by atoms with Gasteiger partial charge in [0.15, 0.2) is 5.78 Å². The molecule has 2 nitrogen and oxygen atoms in total. The molecule has 0 N–H and O–H groups in total. The SMILES string of the molecule is O=C1/C(=C/c2ccccc2)Cc2ccc3c(c21)CCO3. The molecule has 0 aromatic heterocycles. The Bertz CT molecular complexity index is 727. The van der Waals surface area contributed by atoms with E-state index in [-0.39, 0.29) is 5.78 Å². The van der Waals surface area contributed by atoms with E-state index in [0.717, 1.165) is 46.4 Å². The molecular weight excluding hydrogens is 248 g/mol. The number of fused-ring (bicyclic) bond motifs is 3. The molecule has 1 heterocycles. The molecule has 4 rings (SSSR count). The first-order valence-electron chi connectivity index (χ1n) is 6.91. The Morgan fingerprint density at radius 1 is 1.05 bits per heavy atom. The van der Waals surface area contributed by atoms with Gasteiger partial charge < -0.3 is 4.74 Å². The number of hydrogen-bond donors (Lipinski definition) is 0. The van der Waals surface area contributed by atoms with E-state index in [1.54, 1.807) is 0 Å². The summed E-state index contributed by atoms with van der Waals surface area (Å²) in [6, 6.07) is 14.0. The Hall–Kier alpha value is -2.35. The molecule has 0 amide bonds. The van der Waals surface area contributed by atoms with Crippen molar-refractivity contribution in [1.82, 2.24) is 0 Å². The van der Waals surface area contributed by atoms with Crippen LogP contribution in [0.15, 0.2) is 48.0 Å². The first-order chi connectivity index (χ1) is 9.83. The van der Waals surface area contributed by atoms with Gasteiger partial charge in [-0.15, -0.1) is 0 Å². The number of rotatable bonds is 1. The highest BCUT2D eigenvalue weighted by molar-refractivity contribution is 6.16. The average Bonchev–Trinajstić information content (AvgIpc) is 3.05. The number of carbonyl (C=O) groups is 1. The lowest BCUT2D eigenvalue weighted by Gasteiger charge is -2.03. The summed E-state index contributed by atoms with van der Waals surface area (Å²) in [4.78, 5) is 12.6. The van der Waals surface area contributed by atoms with Gasteiger partial charge in [0.1, 0.15) is 5.75 Å². The van der Waals surface area contributed by atoms with Crippen molar-refractivity contribution >= 4 is 11.9 Å². The molecule has 2 aromatic rings. The predicted octanol–water partition coefficient (Wildman–Crippen LogP) is 3.44. The Morgan fingerprint density at radius 3 is 2.75 bits per heavy atom. The van der Waals surface area contributed by atoms with Crippen molar-refractivity contribution < 1.29 is 9.53 Å². The van der Waals surface area contributed by atoms with Gasteiger partial charge in [0.25, 0.3) is 0 Å². The quantitative estimate of drug-likeness (QED) is 0.736. The second-order valence-corrected chi connectivity index (χ2v) is 5.26. The molecular formula is C18H14O2. The lowest BCUT2D eigenvalue weighted by molar-refractivity contribution is 0.104. The molecule has 0 atom stereocenters. The van der Waals surface area contributed by atoms with Gasteiger partial charge in [-0.3, -0.25) is 4.79 Å². The van der Waals surface area contributed by atoms with E-state index in [2.05, 4.69) is 0 Å². The molecule has 0 fully saturated rings. The van der Waals surface area contributed by atoms with E-state index in [4.69, 9.17) is 4.74 Å². The fraction of sp³-hybridized carbons (Fsp3) is 0.167. The van der Waals surface area contributed by atoms with Crippen LogP contribution in [0.3, 0.4) is 0 Å². The van der Waals surface area contributed by atoms with E-state index in [0.29, 0.717) is 6.61 Å². The molecule has 1 aliphatic heterocycles. The topological polar surface area (TPSA) is 26.3 Å². The van der Waals surface area contributed by atoms with Gasteiger partial charge in [0.05, 0.1) is 6.61 Å². The molecule has 2 heteroatoms.